The number of nitrogens with two attached hydrogens (primary N) is 1. The molecular formula is C15H15NO3S. The molecule has 0 heterocycles. The Balaban J connectivity index is 2.15. The lowest BCUT2D eigenvalue weighted by Crippen LogP contribution is -2.09. The van der Waals surface area contributed by atoms with E-state index in [1.807, 2.05) is 6.07 Å². The van der Waals surface area contributed by atoms with Gasteiger partial charge in [0.1, 0.15) is 17.3 Å². The third kappa shape index (κ3) is 3.39. The molecule has 4 nitrogen and oxygen atoms in total. The highest BCUT2D eigenvalue weighted by Gasteiger charge is 2.07. The van der Waals surface area contributed by atoms with Crippen molar-refractivity contribution in [3.8, 4) is 17.2 Å². The minimum Gasteiger partial charge on any atom is -0.508 e. The van der Waals surface area contributed by atoms with Gasteiger partial charge in [-0.1, -0.05) is 24.4 Å². The van der Waals surface area contributed by atoms with Gasteiger partial charge in [0.15, 0.2) is 11.5 Å². The van der Waals surface area contributed by atoms with E-state index in [-0.39, 0.29) is 5.75 Å². The lowest BCUT2D eigenvalue weighted by Gasteiger charge is -2.12. The van der Waals surface area contributed by atoms with Crippen LogP contribution in [-0.2, 0) is 6.61 Å². The Morgan fingerprint density at radius 2 is 2.00 bits per heavy atom. The van der Waals surface area contributed by atoms with Gasteiger partial charge in [-0.15, -0.1) is 0 Å². The van der Waals surface area contributed by atoms with Crippen LogP contribution >= 0.6 is 12.2 Å². The fraction of sp³-hybridized carbons (Fsp3) is 0.133. The number of hydrogen-bond acceptors (Lipinski definition) is 4. The molecule has 5 heteroatoms. The van der Waals surface area contributed by atoms with Crippen molar-refractivity contribution in [1.82, 2.24) is 0 Å². The molecule has 0 aliphatic heterocycles. The molecule has 20 heavy (non-hydrogen) atoms. The Kier molecular flexibility index (Phi) is 4.42. The van der Waals surface area contributed by atoms with Gasteiger partial charge in [0.2, 0.25) is 0 Å². The SMILES string of the molecule is COc1cc(C(N)=S)ccc1OCc1cccc(O)c1. The van der Waals surface area contributed by atoms with Gasteiger partial charge in [-0.3, -0.25) is 0 Å². The standard InChI is InChI=1S/C15H15NO3S/c1-18-14-8-11(15(16)20)5-6-13(14)19-9-10-3-2-4-12(17)7-10/h2-8,17H,9H2,1H3,(H2,16,20). The topological polar surface area (TPSA) is 64.7 Å². The van der Waals surface area contributed by atoms with Gasteiger partial charge in [-0.25, -0.2) is 0 Å². The molecule has 3 N–H and O–H groups in total. The molecule has 0 saturated carbocycles. The van der Waals surface area contributed by atoms with Crippen LogP contribution in [0.4, 0.5) is 0 Å². The molecule has 2 aromatic rings. The molecule has 0 fully saturated rings. The van der Waals surface area contributed by atoms with Crippen LogP contribution in [0.15, 0.2) is 42.5 Å². The number of benzene rings is 2. The van der Waals surface area contributed by atoms with Gasteiger partial charge >= 0.3 is 0 Å². The van der Waals surface area contributed by atoms with Gasteiger partial charge in [0.05, 0.1) is 7.11 Å². The number of rotatable bonds is 5. The number of phenolic OH excluding ortho intramolecular Hbond substituents is 1. The van der Waals surface area contributed by atoms with Crippen LogP contribution in [0, 0.1) is 0 Å². The second kappa shape index (κ2) is 6.25. The summed E-state index contributed by atoms with van der Waals surface area (Å²) < 4.78 is 10.9. The molecule has 0 aliphatic carbocycles. The molecule has 104 valence electrons. The first-order chi connectivity index (χ1) is 9.60. The van der Waals surface area contributed by atoms with Gasteiger partial charge < -0.3 is 20.3 Å². The molecule has 2 rings (SSSR count). The minimum absolute atomic E-state index is 0.210. The van der Waals surface area contributed by atoms with Crippen molar-refractivity contribution >= 4 is 17.2 Å². The number of hydrogen-bond donors (Lipinski definition) is 2. The Hall–Kier alpha value is -2.27. The van der Waals surface area contributed by atoms with Crippen LogP contribution in [0.2, 0.25) is 0 Å². The average molecular weight is 289 g/mol. The van der Waals surface area contributed by atoms with Gasteiger partial charge in [-0.05, 0) is 35.9 Å². The molecule has 0 aliphatic rings. The van der Waals surface area contributed by atoms with Crippen molar-refractivity contribution in [3.63, 3.8) is 0 Å². The van der Waals surface area contributed by atoms with Crippen LogP contribution in [-0.4, -0.2) is 17.2 Å². The molecule has 0 spiro atoms. The number of methoxy groups -OCH3 is 1. The molecule has 0 unspecified atom stereocenters. The van der Waals surface area contributed by atoms with Crippen LogP contribution in [0.1, 0.15) is 11.1 Å². The molecule has 2 aromatic carbocycles. The van der Waals surface area contributed by atoms with Gasteiger partial charge in [0.25, 0.3) is 0 Å². The molecule has 0 radical (unpaired) electrons. The van der Waals surface area contributed by atoms with E-state index >= 15 is 0 Å². The van der Waals surface area contributed by atoms with E-state index in [9.17, 15) is 5.11 Å². The largest absolute Gasteiger partial charge is 0.508 e. The smallest absolute Gasteiger partial charge is 0.161 e. The second-order valence-electron chi connectivity index (χ2n) is 4.19. The highest BCUT2D eigenvalue weighted by atomic mass is 32.1. The summed E-state index contributed by atoms with van der Waals surface area (Å²) in [6, 6.07) is 12.2. The predicted octanol–water partition coefficient (Wildman–Crippen LogP) is 2.61. The maximum atomic E-state index is 9.40. The van der Waals surface area contributed by atoms with Crippen molar-refractivity contribution in [2.45, 2.75) is 6.61 Å². The normalized spacial score (nSPS) is 10.1. The first kappa shape index (κ1) is 14.1. The summed E-state index contributed by atoms with van der Waals surface area (Å²) in [7, 11) is 1.56. The van der Waals surface area contributed by atoms with E-state index in [0.717, 1.165) is 11.1 Å². The number of phenols is 1. The van der Waals surface area contributed by atoms with Crippen molar-refractivity contribution < 1.29 is 14.6 Å². The number of thiocarbonyl (C=S) groups is 1. The van der Waals surface area contributed by atoms with Crippen LogP contribution in [0.25, 0.3) is 0 Å². The lowest BCUT2D eigenvalue weighted by molar-refractivity contribution is 0.284. The Morgan fingerprint density at radius 1 is 1.20 bits per heavy atom. The van der Waals surface area contributed by atoms with Crippen molar-refractivity contribution in [1.29, 1.82) is 0 Å². The Morgan fingerprint density at radius 3 is 2.65 bits per heavy atom. The third-order valence-corrected chi connectivity index (χ3v) is 2.99. The number of ether oxygens (including phenoxy) is 2. The lowest BCUT2D eigenvalue weighted by atomic mass is 10.2. The highest BCUT2D eigenvalue weighted by molar-refractivity contribution is 7.80. The molecule has 0 atom stereocenters. The first-order valence-corrected chi connectivity index (χ1v) is 6.39. The Bertz CT molecular complexity index is 628. The van der Waals surface area contributed by atoms with Gasteiger partial charge in [-0.2, -0.15) is 0 Å². The highest BCUT2D eigenvalue weighted by Crippen LogP contribution is 2.29. The summed E-state index contributed by atoms with van der Waals surface area (Å²) >= 11 is 4.92. The van der Waals surface area contributed by atoms with Crippen LogP contribution in [0.5, 0.6) is 17.2 Å². The fourth-order valence-corrected chi connectivity index (χ4v) is 1.87. The third-order valence-electron chi connectivity index (χ3n) is 2.75. The van der Waals surface area contributed by atoms with Crippen molar-refractivity contribution in [2.24, 2.45) is 5.73 Å². The summed E-state index contributed by atoms with van der Waals surface area (Å²) in [4.78, 5) is 0.308. The van der Waals surface area contributed by atoms with E-state index in [1.165, 1.54) is 0 Å². The van der Waals surface area contributed by atoms with Crippen LogP contribution in [0.3, 0.4) is 0 Å². The number of aromatic hydroxyl groups is 1. The van der Waals surface area contributed by atoms with E-state index in [4.69, 9.17) is 27.4 Å². The summed E-state index contributed by atoms with van der Waals surface area (Å²) in [6.07, 6.45) is 0. The van der Waals surface area contributed by atoms with Crippen molar-refractivity contribution in [3.05, 3.63) is 53.6 Å². The molecule has 0 saturated heterocycles. The Labute approximate surface area is 122 Å². The predicted molar refractivity (Wildman–Crippen MR) is 81.3 cm³/mol. The zero-order valence-electron chi connectivity index (χ0n) is 11.0. The van der Waals surface area contributed by atoms with Gasteiger partial charge in [0, 0.05) is 5.56 Å². The summed E-state index contributed by atoms with van der Waals surface area (Å²) in [5, 5.41) is 9.40. The maximum Gasteiger partial charge on any atom is 0.161 e. The monoisotopic (exact) mass is 289 g/mol. The fourth-order valence-electron chi connectivity index (χ4n) is 1.75. The van der Waals surface area contributed by atoms with E-state index in [2.05, 4.69) is 0 Å². The summed E-state index contributed by atoms with van der Waals surface area (Å²) in [6.45, 7) is 0.331. The second-order valence-corrected chi connectivity index (χ2v) is 4.63. The first-order valence-electron chi connectivity index (χ1n) is 5.98. The molecular weight excluding hydrogens is 274 g/mol. The summed E-state index contributed by atoms with van der Waals surface area (Å²) in [5.41, 5.74) is 7.17. The molecule has 0 aromatic heterocycles. The average Bonchev–Trinajstić information content (AvgIpc) is 2.45. The molecule has 0 bridgehead atoms. The minimum atomic E-state index is 0.210. The van der Waals surface area contributed by atoms with Crippen LogP contribution < -0.4 is 15.2 Å². The quantitative estimate of drug-likeness (QED) is 0.828. The zero-order chi connectivity index (χ0) is 14.5. The maximum absolute atomic E-state index is 9.40. The van der Waals surface area contributed by atoms with E-state index < -0.39 is 0 Å². The van der Waals surface area contributed by atoms with Crippen molar-refractivity contribution in [2.75, 3.05) is 7.11 Å². The van der Waals surface area contributed by atoms with E-state index in [1.54, 1.807) is 43.5 Å². The molecule has 0 amide bonds. The summed E-state index contributed by atoms with van der Waals surface area (Å²) in [5.74, 6) is 1.37. The zero-order valence-corrected chi connectivity index (χ0v) is 11.8. The van der Waals surface area contributed by atoms with E-state index in [0.29, 0.717) is 23.1 Å².